The van der Waals surface area contributed by atoms with Crippen molar-refractivity contribution in [3.05, 3.63) is 35.4 Å². The lowest BCUT2D eigenvalue weighted by Crippen LogP contribution is -2.31. The lowest BCUT2D eigenvalue weighted by Gasteiger charge is -2.15. The van der Waals surface area contributed by atoms with Gasteiger partial charge in [0.25, 0.3) is 0 Å². The number of primary amides is 1. The van der Waals surface area contributed by atoms with Gasteiger partial charge in [-0.15, -0.1) is 0 Å². The first-order valence-corrected chi connectivity index (χ1v) is 6.04. The van der Waals surface area contributed by atoms with Gasteiger partial charge in [-0.05, 0) is 30.5 Å². The summed E-state index contributed by atoms with van der Waals surface area (Å²) in [6.07, 6.45) is -3.57. The maximum absolute atomic E-state index is 12.6. The molecule has 1 aliphatic rings. The molecule has 3 nitrogen and oxygen atoms in total. The predicted octanol–water partition coefficient (Wildman–Crippen LogP) is 1.98. The molecule has 0 aliphatic carbocycles. The number of halogens is 3. The summed E-state index contributed by atoms with van der Waals surface area (Å²) in [5.74, 6) is -0.383. The highest BCUT2D eigenvalue weighted by atomic mass is 19.4. The van der Waals surface area contributed by atoms with Crippen LogP contribution in [0.15, 0.2) is 24.3 Å². The molecule has 2 N–H and O–H groups in total. The Bertz CT molecular complexity index is 473. The molecule has 2 rings (SSSR count). The van der Waals surface area contributed by atoms with Gasteiger partial charge in [0.1, 0.15) is 0 Å². The van der Waals surface area contributed by atoms with Gasteiger partial charge in [0.05, 0.1) is 12.1 Å². The van der Waals surface area contributed by atoms with Gasteiger partial charge in [0.15, 0.2) is 0 Å². The third-order valence-corrected chi connectivity index (χ3v) is 3.34. The van der Waals surface area contributed by atoms with Crippen LogP contribution in [0.2, 0.25) is 0 Å². The van der Waals surface area contributed by atoms with Crippen molar-refractivity contribution in [3.8, 4) is 0 Å². The predicted molar refractivity (Wildman–Crippen MR) is 64.4 cm³/mol. The van der Waals surface area contributed by atoms with Crippen LogP contribution in [0.3, 0.4) is 0 Å². The fourth-order valence-corrected chi connectivity index (χ4v) is 2.44. The van der Waals surface area contributed by atoms with Crippen molar-refractivity contribution in [3.63, 3.8) is 0 Å². The first kappa shape index (κ1) is 13.9. The van der Waals surface area contributed by atoms with Gasteiger partial charge < -0.3 is 5.73 Å². The van der Waals surface area contributed by atoms with Crippen LogP contribution in [0, 0.1) is 0 Å². The van der Waals surface area contributed by atoms with Gasteiger partial charge in [-0.2, -0.15) is 13.2 Å². The van der Waals surface area contributed by atoms with Crippen molar-refractivity contribution in [2.45, 2.75) is 18.5 Å². The Morgan fingerprint density at radius 3 is 2.79 bits per heavy atom. The van der Waals surface area contributed by atoms with Crippen LogP contribution in [-0.4, -0.2) is 30.4 Å². The van der Waals surface area contributed by atoms with E-state index < -0.39 is 17.6 Å². The molecule has 1 unspecified atom stereocenters. The molecule has 1 aromatic carbocycles. The van der Waals surface area contributed by atoms with E-state index in [1.165, 1.54) is 12.1 Å². The molecule has 6 heteroatoms. The van der Waals surface area contributed by atoms with Gasteiger partial charge >= 0.3 is 6.18 Å². The number of alkyl halides is 3. The topological polar surface area (TPSA) is 46.3 Å². The summed E-state index contributed by atoms with van der Waals surface area (Å²) in [6.45, 7) is 1.42. The van der Waals surface area contributed by atoms with Crippen LogP contribution in [0.1, 0.15) is 23.5 Å². The third-order valence-electron chi connectivity index (χ3n) is 3.34. The Hall–Kier alpha value is -1.56. The van der Waals surface area contributed by atoms with Gasteiger partial charge in [-0.1, -0.05) is 18.2 Å². The molecular weight excluding hydrogens is 257 g/mol. The molecule has 0 radical (unpaired) electrons. The lowest BCUT2D eigenvalue weighted by molar-refractivity contribution is -0.137. The van der Waals surface area contributed by atoms with Crippen molar-refractivity contribution in [2.75, 3.05) is 19.6 Å². The molecule has 0 aromatic heterocycles. The standard InChI is InChI=1S/C13H15F3N2O/c14-13(15,16)11-3-1-2-9(6-11)10-4-5-18(7-10)8-12(17)19/h1-3,6,10H,4-5,7-8H2,(H2,17,19). The summed E-state index contributed by atoms with van der Waals surface area (Å²) in [5, 5.41) is 0. The second-order valence-corrected chi connectivity index (χ2v) is 4.81. The number of carbonyl (C=O) groups excluding carboxylic acids is 1. The minimum atomic E-state index is -4.32. The van der Waals surface area contributed by atoms with Crippen molar-refractivity contribution >= 4 is 5.91 Å². The largest absolute Gasteiger partial charge is 0.416 e. The second kappa shape index (κ2) is 5.21. The summed E-state index contributed by atoms with van der Waals surface area (Å²) in [5.41, 5.74) is 5.15. The normalized spacial score (nSPS) is 20.7. The molecule has 0 bridgehead atoms. The Morgan fingerprint density at radius 1 is 1.42 bits per heavy atom. The number of likely N-dealkylation sites (tertiary alicyclic amines) is 1. The minimum absolute atomic E-state index is 0.0293. The van der Waals surface area contributed by atoms with Crippen LogP contribution < -0.4 is 5.73 Å². The molecule has 1 amide bonds. The van der Waals surface area contributed by atoms with Crippen LogP contribution >= 0.6 is 0 Å². The Balaban J connectivity index is 2.09. The first-order chi connectivity index (χ1) is 8.86. The van der Waals surface area contributed by atoms with Crippen LogP contribution in [-0.2, 0) is 11.0 Å². The molecule has 1 heterocycles. The quantitative estimate of drug-likeness (QED) is 0.914. The molecule has 0 spiro atoms. The number of nitrogens with zero attached hydrogens (tertiary/aromatic N) is 1. The maximum atomic E-state index is 12.6. The highest BCUT2D eigenvalue weighted by molar-refractivity contribution is 5.75. The van der Waals surface area contributed by atoms with E-state index in [2.05, 4.69) is 0 Å². The van der Waals surface area contributed by atoms with Crippen molar-refractivity contribution < 1.29 is 18.0 Å². The highest BCUT2D eigenvalue weighted by Gasteiger charge is 2.32. The summed E-state index contributed by atoms with van der Waals surface area (Å²) in [7, 11) is 0. The van der Waals surface area contributed by atoms with Crippen molar-refractivity contribution in [1.29, 1.82) is 0 Å². The van der Waals surface area contributed by atoms with E-state index in [4.69, 9.17) is 5.73 Å². The zero-order valence-corrected chi connectivity index (χ0v) is 10.3. The number of carbonyl (C=O) groups is 1. The van der Waals surface area contributed by atoms with E-state index in [0.717, 1.165) is 12.5 Å². The summed E-state index contributed by atoms with van der Waals surface area (Å²) in [6, 6.07) is 5.39. The molecular formula is C13H15F3N2O. The van der Waals surface area contributed by atoms with E-state index >= 15 is 0 Å². The maximum Gasteiger partial charge on any atom is 0.416 e. The van der Waals surface area contributed by atoms with E-state index in [1.807, 2.05) is 4.90 Å². The first-order valence-electron chi connectivity index (χ1n) is 6.04. The fraction of sp³-hybridized carbons (Fsp3) is 0.462. The van der Waals surface area contributed by atoms with Gasteiger partial charge in [-0.3, -0.25) is 9.69 Å². The summed E-state index contributed by atoms with van der Waals surface area (Å²) in [4.78, 5) is 12.7. The molecule has 1 fully saturated rings. The molecule has 1 atom stereocenters. The smallest absolute Gasteiger partial charge is 0.369 e. The Labute approximate surface area is 109 Å². The molecule has 1 aromatic rings. The molecule has 1 aliphatic heterocycles. The highest BCUT2D eigenvalue weighted by Crippen LogP contribution is 2.33. The van der Waals surface area contributed by atoms with Gasteiger partial charge in [0.2, 0.25) is 5.91 Å². The lowest BCUT2D eigenvalue weighted by atomic mass is 9.96. The Kier molecular flexibility index (Phi) is 3.80. The summed E-state index contributed by atoms with van der Waals surface area (Å²) < 4.78 is 37.9. The van der Waals surface area contributed by atoms with Gasteiger partial charge in [0, 0.05) is 6.54 Å². The number of nitrogens with two attached hydrogens (primary N) is 1. The third kappa shape index (κ3) is 3.47. The number of rotatable bonds is 3. The van der Waals surface area contributed by atoms with Crippen molar-refractivity contribution in [1.82, 2.24) is 4.90 Å². The van der Waals surface area contributed by atoms with Crippen molar-refractivity contribution in [2.24, 2.45) is 5.73 Å². The van der Waals surface area contributed by atoms with Crippen LogP contribution in [0.25, 0.3) is 0 Å². The van der Waals surface area contributed by atoms with E-state index in [-0.39, 0.29) is 12.5 Å². The molecule has 19 heavy (non-hydrogen) atoms. The Morgan fingerprint density at radius 2 is 2.16 bits per heavy atom. The second-order valence-electron chi connectivity index (χ2n) is 4.81. The SMILES string of the molecule is NC(=O)CN1CCC(c2cccc(C(F)(F)F)c2)C1. The average molecular weight is 272 g/mol. The van der Waals surface area contributed by atoms with E-state index in [0.29, 0.717) is 18.7 Å². The number of benzene rings is 1. The zero-order chi connectivity index (χ0) is 14.0. The van der Waals surface area contributed by atoms with Gasteiger partial charge in [-0.25, -0.2) is 0 Å². The zero-order valence-electron chi connectivity index (χ0n) is 10.3. The monoisotopic (exact) mass is 272 g/mol. The number of amides is 1. The molecule has 1 saturated heterocycles. The molecule has 104 valence electrons. The van der Waals surface area contributed by atoms with E-state index in [1.54, 1.807) is 6.07 Å². The molecule has 0 saturated carbocycles. The van der Waals surface area contributed by atoms with Crippen LogP contribution in [0.5, 0.6) is 0 Å². The minimum Gasteiger partial charge on any atom is -0.369 e. The van der Waals surface area contributed by atoms with E-state index in [9.17, 15) is 18.0 Å². The summed E-state index contributed by atoms with van der Waals surface area (Å²) >= 11 is 0. The fourth-order valence-electron chi connectivity index (χ4n) is 2.44. The van der Waals surface area contributed by atoms with Crippen LogP contribution in [0.4, 0.5) is 13.2 Å². The number of hydrogen-bond donors (Lipinski definition) is 1. The average Bonchev–Trinajstić information content (AvgIpc) is 2.76. The number of hydrogen-bond acceptors (Lipinski definition) is 2.